The van der Waals surface area contributed by atoms with Crippen LogP contribution >= 0.6 is 0 Å². The zero-order valence-electron chi connectivity index (χ0n) is 2.99. The molecule has 0 aromatic carbocycles. The second-order valence-electron chi connectivity index (χ2n) is 0.408. The molecule has 5 nitrogen and oxygen atoms in total. The van der Waals surface area contributed by atoms with Crippen molar-refractivity contribution in [1.82, 2.24) is 0 Å². The van der Waals surface area contributed by atoms with Crippen molar-refractivity contribution in [3.63, 3.8) is 0 Å². The van der Waals surface area contributed by atoms with E-state index < -0.39 is 10.4 Å². The largest absolute Gasteiger partial charge is 4.00 e. The smallest absolute Gasteiger partial charge is 0.759 e. The minimum absolute atomic E-state index is 0. The summed E-state index contributed by atoms with van der Waals surface area (Å²) < 4.78 is 34.1. The first-order valence-electron chi connectivity index (χ1n) is 0.667. The molecule has 0 aromatic rings. The van der Waals surface area contributed by atoms with Crippen molar-refractivity contribution in [2.24, 2.45) is 0 Å². The first-order chi connectivity index (χ1) is 2.00. The molecule has 7 heavy (non-hydrogen) atoms. The van der Waals surface area contributed by atoms with E-state index in [1.165, 1.54) is 0 Å². The molecule has 0 saturated carbocycles. The molecule has 0 rings (SSSR count). The Labute approximate surface area is 52.5 Å². The Morgan fingerprint density at radius 1 is 1.14 bits per heavy atom. The van der Waals surface area contributed by atoms with E-state index in [9.17, 15) is 0 Å². The third-order valence-corrected chi connectivity index (χ3v) is 0. The first-order valence-corrected chi connectivity index (χ1v) is 2.00. The van der Waals surface area contributed by atoms with Crippen LogP contribution in [0.4, 0.5) is 0 Å². The molecular formula is H2O5SV+2. The number of hydrogen-bond donors (Lipinski definition) is 0. The quantitative estimate of drug-likeness (QED) is 0.300. The van der Waals surface area contributed by atoms with Gasteiger partial charge in [-0.15, -0.1) is 0 Å². The molecule has 0 spiro atoms. The fourth-order valence-electron chi connectivity index (χ4n) is 0. The molecule has 2 N–H and O–H groups in total. The molecule has 0 aliphatic rings. The van der Waals surface area contributed by atoms with Gasteiger partial charge in [0, 0.05) is 10.4 Å². The van der Waals surface area contributed by atoms with Gasteiger partial charge in [-0.25, -0.2) is 0 Å². The van der Waals surface area contributed by atoms with E-state index in [0.29, 0.717) is 0 Å². The first kappa shape index (κ1) is 15.7. The third kappa shape index (κ3) is 728. The molecule has 41 valence electrons. The van der Waals surface area contributed by atoms with Crippen molar-refractivity contribution in [3.05, 3.63) is 0 Å². The summed E-state index contributed by atoms with van der Waals surface area (Å²) in [6.07, 6.45) is 0. The number of rotatable bonds is 0. The Morgan fingerprint density at radius 2 is 1.14 bits per heavy atom. The van der Waals surface area contributed by atoms with Crippen LogP contribution in [-0.4, -0.2) is 23.0 Å². The maximum Gasteiger partial charge on any atom is 4.00 e. The molecule has 1 radical (unpaired) electrons. The summed E-state index contributed by atoms with van der Waals surface area (Å²) in [7, 11) is -5.17. The van der Waals surface area contributed by atoms with Crippen LogP contribution in [0.1, 0.15) is 0 Å². The molecule has 0 saturated heterocycles. The Kier molecular flexibility index (Phi) is 10.2. The van der Waals surface area contributed by atoms with Crippen LogP contribution in [0.3, 0.4) is 0 Å². The molecule has 0 aromatic heterocycles. The van der Waals surface area contributed by atoms with Crippen molar-refractivity contribution in [2.75, 3.05) is 0 Å². The van der Waals surface area contributed by atoms with Crippen LogP contribution in [-0.2, 0) is 29.0 Å². The van der Waals surface area contributed by atoms with Crippen molar-refractivity contribution in [1.29, 1.82) is 0 Å². The van der Waals surface area contributed by atoms with Crippen LogP contribution in [0.2, 0.25) is 0 Å². The van der Waals surface area contributed by atoms with Gasteiger partial charge >= 0.3 is 18.6 Å². The number of hydrogen-bond acceptors (Lipinski definition) is 4. The van der Waals surface area contributed by atoms with E-state index in [0.717, 1.165) is 0 Å². The Hall–Kier alpha value is 0.414. The SMILES string of the molecule is O.O=S(=O)([O-])[O-].[V+4]. The summed E-state index contributed by atoms with van der Waals surface area (Å²) in [4.78, 5) is 0. The molecule has 0 amide bonds. The van der Waals surface area contributed by atoms with Crippen LogP contribution in [0.25, 0.3) is 0 Å². The Morgan fingerprint density at radius 3 is 1.14 bits per heavy atom. The third-order valence-electron chi connectivity index (χ3n) is 0. The van der Waals surface area contributed by atoms with Gasteiger partial charge in [0.05, 0.1) is 0 Å². The summed E-state index contributed by atoms with van der Waals surface area (Å²) in [5.74, 6) is 0. The Bertz CT molecular complexity index is 91.2. The van der Waals surface area contributed by atoms with E-state index in [-0.39, 0.29) is 24.0 Å². The van der Waals surface area contributed by atoms with E-state index in [1.807, 2.05) is 0 Å². The van der Waals surface area contributed by atoms with Gasteiger partial charge in [0.2, 0.25) is 0 Å². The molecule has 0 heterocycles. The average molecular weight is 165 g/mol. The maximum atomic E-state index is 8.52. The monoisotopic (exact) mass is 165 g/mol. The van der Waals surface area contributed by atoms with Crippen molar-refractivity contribution < 1.29 is 41.6 Å². The minimum atomic E-state index is -5.17. The summed E-state index contributed by atoms with van der Waals surface area (Å²) in [6, 6.07) is 0. The van der Waals surface area contributed by atoms with Crippen LogP contribution in [0.5, 0.6) is 0 Å². The average Bonchev–Trinajstić information content (AvgIpc) is 0.722. The zero-order chi connectivity index (χ0) is 4.50. The molecule has 0 unspecified atom stereocenters. The maximum absolute atomic E-state index is 8.52. The molecule has 0 fully saturated rings. The van der Waals surface area contributed by atoms with E-state index >= 15 is 0 Å². The fraction of sp³-hybridized carbons (Fsp3) is 0. The topological polar surface area (TPSA) is 112 Å². The second kappa shape index (κ2) is 4.57. The van der Waals surface area contributed by atoms with Gasteiger partial charge in [0.1, 0.15) is 0 Å². The summed E-state index contributed by atoms with van der Waals surface area (Å²) in [5, 5.41) is 0. The minimum Gasteiger partial charge on any atom is -0.759 e. The van der Waals surface area contributed by atoms with Gasteiger partial charge in [0.15, 0.2) is 0 Å². The van der Waals surface area contributed by atoms with Crippen LogP contribution in [0.15, 0.2) is 0 Å². The summed E-state index contributed by atoms with van der Waals surface area (Å²) in [5.41, 5.74) is 0. The predicted octanol–water partition coefficient (Wildman–Crippen LogP) is -2.17. The van der Waals surface area contributed by atoms with Crippen molar-refractivity contribution in [3.8, 4) is 0 Å². The molecule has 0 aliphatic carbocycles. The van der Waals surface area contributed by atoms with Crippen molar-refractivity contribution in [2.45, 2.75) is 0 Å². The molecule has 0 bridgehead atoms. The van der Waals surface area contributed by atoms with Gasteiger partial charge in [0.25, 0.3) is 0 Å². The van der Waals surface area contributed by atoms with E-state index in [2.05, 4.69) is 0 Å². The van der Waals surface area contributed by atoms with Crippen LogP contribution < -0.4 is 0 Å². The fourth-order valence-corrected chi connectivity index (χ4v) is 0. The van der Waals surface area contributed by atoms with Gasteiger partial charge in [-0.1, -0.05) is 0 Å². The molecule has 0 atom stereocenters. The van der Waals surface area contributed by atoms with E-state index in [1.54, 1.807) is 0 Å². The Balaban J connectivity index is -0.0000000800. The second-order valence-corrected chi connectivity index (χ2v) is 1.22. The summed E-state index contributed by atoms with van der Waals surface area (Å²) >= 11 is 0. The van der Waals surface area contributed by atoms with Crippen LogP contribution in [0, 0.1) is 0 Å². The zero-order valence-corrected chi connectivity index (χ0v) is 5.20. The molecular weight excluding hydrogens is 163 g/mol. The van der Waals surface area contributed by atoms with Gasteiger partial charge in [-0.3, -0.25) is 8.42 Å². The predicted molar refractivity (Wildman–Crippen MR) is 14.1 cm³/mol. The standard InChI is InChI=1S/H2O4S.H2O.V/c1-5(2,3)4;;/h(H2,1,2,3,4);1H2;/q;;+4/p-2. The molecule has 0 aliphatic heterocycles. The van der Waals surface area contributed by atoms with Gasteiger partial charge < -0.3 is 14.6 Å². The van der Waals surface area contributed by atoms with Gasteiger partial charge in [-0.2, -0.15) is 0 Å². The van der Waals surface area contributed by atoms with Crippen molar-refractivity contribution >= 4 is 10.4 Å². The summed E-state index contributed by atoms with van der Waals surface area (Å²) in [6.45, 7) is 0. The van der Waals surface area contributed by atoms with Gasteiger partial charge in [-0.05, 0) is 0 Å². The van der Waals surface area contributed by atoms with E-state index in [4.69, 9.17) is 17.5 Å². The molecule has 7 heteroatoms. The normalized spacial score (nSPS) is 8.29.